The quantitative estimate of drug-likeness (QED) is 0.774. The summed E-state index contributed by atoms with van der Waals surface area (Å²) in [5, 5.41) is 6.19. The van der Waals surface area contributed by atoms with Gasteiger partial charge in [0.15, 0.2) is 0 Å². The number of hydrogen-bond donors (Lipinski definition) is 2. The van der Waals surface area contributed by atoms with Crippen molar-refractivity contribution >= 4 is 5.91 Å². The molecule has 0 radical (unpaired) electrons. The molecule has 1 amide bonds. The van der Waals surface area contributed by atoms with Gasteiger partial charge in [0.1, 0.15) is 5.75 Å². The molecule has 0 aliphatic heterocycles. The maximum absolute atomic E-state index is 11.6. The molecule has 1 rings (SSSR count). The van der Waals surface area contributed by atoms with Gasteiger partial charge in [-0.05, 0) is 26.8 Å². The second kappa shape index (κ2) is 7.14. The topological polar surface area (TPSA) is 50.4 Å². The molecule has 4 nitrogen and oxygen atoms in total. The van der Waals surface area contributed by atoms with Crippen molar-refractivity contribution in [1.29, 1.82) is 0 Å². The lowest BCUT2D eigenvalue weighted by Crippen LogP contribution is -2.41. The number of hydrogen-bond acceptors (Lipinski definition) is 3. The van der Waals surface area contributed by atoms with Crippen LogP contribution >= 0.6 is 0 Å². The first kappa shape index (κ1) is 15.5. The minimum atomic E-state index is -0.167. The molecule has 0 saturated carbocycles. The van der Waals surface area contributed by atoms with Crippen LogP contribution in [-0.2, 0) is 11.3 Å². The fraction of sp³-hybridized carbons (Fsp3) is 0.533. The van der Waals surface area contributed by atoms with E-state index in [1.165, 1.54) is 0 Å². The molecule has 0 heterocycles. The number of methoxy groups -OCH3 is 1. The average molecular weight is 264 g/mol. The Balaban J connectivity index is 2.29. The zero-order valence-corrected chi connectivity index (χ0v) is 12.2. The third-order valence-corrected chi connectivity index (χ3v) is 2.55. The summed E-state index contributed by atoms with van der Waals surface area (Å²) in [6, 6.07) is 7.87. The van der Waals surface area contributed by atoms with Crippen LogP contribution in [0.3, 0.4) is 0 Å². The maximum Gasteiger partial charge on any atom is 0.221 e. The normalized spacial score (nSPS) is 11.2. The lowest BCUT2D eigenvalue weighted by molar-refractivity contribution is -0.122. The molecule has 0 spiro atoms. The molecule has 2 N–H and O–H groups in total. The Hall–Kier alpha value is -1.55. The molecule has 0 aliphatic rings. The van der Waals surface area contributed by atoms with Gasteiger partial charge in [-0.3, -0.25) is 4.79 Å². The standard InChI is InChI=1S/C15H24N2O2/c1-15(2,3)17-14(18)9-10-16-11-12-7-5-6-8-13(12)19-4/h5-8,16H,9-11H2,1-4H3,(H,17,18). The monoisotopic (exact) mass is 264 g/mol. The summed E-state index contributed by atoms with van der Waals surface area (Å²) < 4.78 is 5.27. The van der Waals surface area contributed by atoms with Gasteiger partial charge >= 0.3 is 0 Å². The van der Waals surface area contributed by atoms with Gasteiger partial charge in [-0.25, -0.2) is 0 Å². The lowest BCUT2D eigenvalue weighted by atomic mass is 10.1. The van der Waals surface area contributed by atoms with E-state index < -0.39 is 0 Å². The highest BCUT2D eigenvalue weighted by Gasteiger charge is 2.12. The summed E-state index contributed by atoms with van der Waals surface area (Å²) in [6.45, 7) is 7.29. The summed E-state index contributed by atoms with van der Waals surface area (Å²) in [4.78, 5) is 11.6. The van der Waals surface area contributed by atoms with Crippen molar-refractivity contribution in [3.63, 3.8) is 0 Å². The zero-order chi connectivity index (χ0) is 14.3. The fourth-order valence-corrected chi connectivity index (χ4v) is 1.75. The van der Waals surface area contributed by atoms with E-state index in [2.05, 4.69) is 10.6 Å². The molecule has 19 heavy (non-hydrogen) atoms. The largest absolute Gasteiger partial charge is 0.496 e. The van der Waals surface area contributed by atoms with Gasteiger partial charge in [0.25, 0.3) is 0 Å². The highest BCUT2D eigenvalue weighted by Crippen LogP contribution is 2.16. The Kier molecular flexibility index (Phi) is 5.83. The molecule has 0 aliphatic carbocycles. The van der Waals surface area contributed by atoms with Gasteiger partial charge in [-0.1, -0.05) is 18.2 Å². The smallest absolute Gasteiger partial charge is 0.221 e. The first-order valence-electron chi connectivity index (χ1n) is 6.56. The number of rotatable bonds is 6. The van der Waals surface area contributed by atoms with E-state index in [0.29, 0.717) is 19.5 Å². The molecular weight excluding hydrogens is 240 g/mol. The van der Waals surface area contributed by atoms with Crippen molar-refractivity contribution in [2.45, 2.75) is 39.3 Å². The van der Waals surface area contributed by atoms with Crippen molar-refractivity contribution in [2.24, 2.45) is 0 Å². The van der Waals surface area contributed by atoms with E-state index in [-0.39, 0.29) is 11.4 Å². The van der Waals surface area contributed by atoms with E-state index in [9.17, 15) is 4.79 Å². The molecule has 0 fully saturated rings. The SMILES string of the molecule is COc1ccccc1CNCCC(=O)NC(C)(C)C. The van der Waals surface area contributed by atoms with Crippen LogP contribution in [0.15, 0.2) is 24.3 Å². The summed E-state index contributed by atoms with van der Waals surface area (Å²) in [7, 11) is 1.66. The number of nitrogens with one attached hydrogen (secondary N) is 2. The number of carbonyl (C=O) groups excluding carboxylic acids is 1. The van der Waals surface area contributed by atoms with Crippen LogP contribution in [0, 0.1) is 0 Å². The summed E-state index contributed by atoms with van der Waals surface area (Å²) in [6.07, 6.45) is 0.479. The van der Waals surface area contributed by atoms with Crippen LogP contribution in [0.2, 0.25) is 0 Å². The van der Waals surface area contributed by atoms with Crippen molar-refractivity contribution in [1.82, 2.24) is 10.6 Å². The number of para-hydroxylation sites is 1. The lowest BCUT2D eigenvalue weighted by Gasteiger charge is -2.20. The Morgan fingerprint density at radius 1 is 1.26 bits per heavy atom. The number of ether oxygens (including phenoxy) is 1. The predicted octanol–water partition coefficient (Wildman–Crippen LogP) is 2.09. The highest BCUT2D eigenvalue weighted by atomic mass is 16.5. The Labute approximate surface area is 115 Å². The number of benzene rings is 1. The molecule has 106 valence electrons. The van der Waals surface area contributed by atoms with Crippen LogP contribution in [0.1, 0.15) is 32.8 Å². The van der Waals surface area contributed by atoms with Crippen molar-refractivity contribution in [3.05, 3.63) is 29.8 Å². The summed E-state index contributed by atoms with van der Waals surface area (Å²) in [5.41, 5.74) is 0.931. The number of carbonyl (C=O) groups is 1. The minimum Gasteiger partial charge on any atom is -0.496 e. The summed E-state index contributed by atoms with van der Waals surface area (Å²) >= 11 is 0. The van der Waals surface area contributed by atoms with E-state index in [1.807, 2.05) is 45.0 Å². The van der Waals surface area contributed by atoms with Gasteiger partial charge < -0.3 is 15.4 Å². The third kappa shape index (κ3) is 6.25. The first-order chi connectivity index (χ1) is 8.92. The van der Waals surface area contributed by atoms with Crippen molar-refractivity contribution in [2.75, 3.05) is 13.7 Å². The van der Waals surface area contributed by atoms with Gasteiger partial charge in [0.05, 0.1) is 7.11 Å². The summed E-state index contributed by atoms with van der Waals surface area (Å²) in [5.74, 6) is 0.939. The van der Waals surface area contributed by atoms with E-state index in [1.54, 1.807) is 7.11 Å². The number of amides is 1. The average Bonchev–Trinajstić information content (AvgIpc) is 2.33. The highest BCUT2D eigenvalue weighted by molar-refractivity contribution is 5.76. The zero-order valence-electron chi connectivity index (χ0n) is 12.2. The molecule has 0 atom stereocenters. The van der Waals surface area contributed by atoms with Crippen molar-refractivity contribution < 1.29 is 9.53 Å². The van der Waals surface area contributed by atoms with E-state index in [0.717, 1.165) is 11.3 Å². The molecule has 4 heteroatoms. The van der Waals surface area contributed by atoms with Gasteiger partial charge in [-0.2, -0.15) is 0 Å². The van der Waals surface area contributed by atoms with Crippen LogP contribution < -0.4 is 15.4 Å². The second-order valence-electron chi connectivity index (χ2n) is 5.54. The second-order valence-corrected chi connectivity index (χ2v) is 5.54. The molecule has 1 aromatic rings. The molecule has 1 aromatic carbocycles. The molecule has 0 bridgehead atoms. The molecule has 0 aromatic heterocycles. The Morgan fingerprint density at radius 3 is 2.58 bits per heavy atom. The van der Waals surface area contributed by atoms with Crippen LogP contribution in [0.25, 0.3) is 0 Å². The van der Waals surface area contributed by atoms with E-state index in [4.69, 9.17) is 4.74 Å². The van der Waals surface area contributed by atoms with Crippen LogP contribution in [-0.4, -0.2) is 25.1 Å². The van der Waals surface area contributed by atoms with Gasteiger partial charge in [0.2, 0.25) is 5.91 Å². The van der Waals surface area contributed by atoms with Gasteiger partial charge in [0, 0.05) is 30.6 Å². The predicted molar refractivity (Wildman–Crippen MR) is 77.2 cm³/mol. The van der Waals surface area contributed by atoms with E-state index >= 15 is 0 Å². The van der Waals surface area contributed by atoms with Crippen LogP contribution in [0.4, 0.5) is 0 Å². The first-order valence-corrected chi connectivity index (χ1v) is 6.56. The molecular formula is C15H24N2O2. The Bertz CT molecular complexity index is 411. The van der Waals surface area contributed by atoms with Crippen LogP contribution in [0.5, 0.6) is 5.75 Å². The minimum absolute atomic E-state index is 0.0695. The third-order valence-electron chi connectivity index (χ3n) is 2.55. The fourth-order valence-electron chi connectivity index (χ4n) is 1.75. The van der Waals surface area contributed by atoms with Gasteiger partial charge in [-0.15, -0.1) is 0 Å². The molecule has 0 unspecified atom stereocenters. The maximum atomic E-state index is 11.6. The van der Waals surface area contributed by atoms with Crippen molar-refractivity contribution in [3.8, 4) is 5.75 Å². The molecule has 0 saturated heterocycles. The Morgan fingerprint density at radius 2 is 1.95 bits per heavy atom.